The van der Waals surface area contributed by atoms with Crippen LogP contribution in [0.3, 0.4) is 0 Å². The van der Waals surface area contributed by atoms with Gasteiger partial charge in [0.2, 0.25) is 0 Å². The second-order valence-electron chi connectivity index (χ2n) is 8.51. The molecule has 2 atom stereocenters. The first-order chi connectivity index (χ1) is 13.9. The Morgan fingerprint density at radius 1 is 1.31 bits per heavy atom. The molecule has 156 valence electrons. The van der Waals surface area contributed by atoms with Crippen molar-refractivity contribution in [2.75, 3.05) is 19.7 Å². The number of rotatable bonds is 4. The minimum absolute atomic E-state index is 0.0635. The summed E-state index contributed by atoms with van der Waals surface area (Å²) in [6.07, 6.45) is 5.31. The summed E-state index contributed by atoms with van der Waals surface area (Å²) in [5.41, 5.74) is 1.26. The fraction of sp³-hybridized carbons (Fsp3) is 0.565. The molecular weight excluding hydrogens is 370 g/mol. The third-order valence-corrected chi connectivity index (χ3v) is 6.55. The van der Waals surface area contributed by atoms with Crippen molar-refractivity contribution in [2.45, 2.75) is 58.0 Å². The van der Waals surface area contributed by atoms with Crippen LogP contribution in [-0.4, -0.2) is 41.2 Å². The molecule has 1 N–H and O–H groups in total. The Kier molecular flexibility index (Phi) is 5.38. The van der Waals surface area contributed by atoms with E-state index in [-0.39, 0.29) is 24.1 Å². The van der Waals surface area contributed by atoms with Crippen LogP contribution in [0.5, 0.6) is 5.75 Å². The summed E-state index contributed by atoms with van der Waals surface area (Å²) in [6.45, 7) is 4.98. The highest BCUT2D eigenvalue weighted by molar-refractivity contribution is 5.88. The lowest BCUT2D eigenvalue weighted by Crippen LogP contribution is -2.55. The van der Waals surface area contributed by atoms with Crippen LogP contribution in [0.4, 0.5) is 0 Å². The molecule has 29 heavy (non-hydrogen) atoms. The average Bonchev–Trinajstić information content (AvgIpc) is 2.69. The Balaban J connectivity index is 1.51. The van der Waals surface area contributed by atoms with Gasteiger partial charge in [-0.2, -0.15) is 0 Å². The van der Waals surface area contributed by atoms with Crippen molar-refractivity contribution in [1.29, 1.82) is 0 Å². The highest BCUT2D eigenvalue weighted by Gasteiger charge is 2.43. The van der Waals surface area contributed by atoms with E-state index in [4.69, 9.17) is 9.15 Å². The molecule has 2 aliphatic rings. The van der Waals surface area contributed by atoms with E-state index in [0.717, 1.165) is 42.2 Å². The molecule has 0 spiro atoms. The summed E-state index contributed by atoms with van der Waals surface area (Å²) in [5.74, 6) is 0.664. The topological polar surface area (TPSA) is 80.0 Å². The molecule has 2 fully saturated rings. The van der Waals surface area contributed by atoms with Crippen LogP contribution in [-0.2, 0) is 11.2 Å². The Bertz CT molecular complexity index is 981. The zero-order valence-corrected chi connectivity index (χ0v) is 17.2. The van der Waals surface area contributed by atoms with Crippen LogP contribution >= 0.6 is 0 Å². The van der Waals surface area contributed by atoms with Gasteiger partial charge in [0.05, 0.1) is 11.0 Å². The quantitative estimate of drug-likeness (QED) is 0.799. The highest BCUT2D eigenvalue weighted by Crippen LogP contribution is 2.39. The van der Waals surface area contributed by atoms with Crippen molar-refractivity contribution in [2.24, 2.45) is 5.92 Å². The zero-order valence-electron chi connectivity index (χ0n) is 17.2. The van der Waals surface area contributed by atoms with Crippen LogP contribution < -0.4 is 10.4 Å². The first-order valence-corrected chi connectivity index (χ1v) is 10.6. The van der Waals surface area contributed by atoms with Gasteiger partial charge >= 0.3 is 5.63 Å². The van der Waals surface area contributed by atoms with Crippen molar-refractivity contribution in [1.82, 2.24) is 4.90 Å². The van der Waals surface area contributed by atoms with E-state index in [1.54, 1.807) is 0 Å². The Labute approximate surface area is 170 Å². The Hall–Kier alpha value is -2.34. The summed E-state index contributed by atoms with van der Waals surface area (Å²) in [5, 5.41) is 11.6. The first-order valence-electron chi connectivity index (χ1n) is 10.6. The van der Waals surface area contributed by atoms with Gasteiger partial charge in [-0.15, -0.1) is 0 Å². The minimum Gasteiger partial charge on any atom is -0.483 e. The largest absolute Gasteiger partial charge is 0.483 e. The summed E-state index contributed by atoms with van der Waals surface area (Å²) >= 11 is 0. The van der Waals surface area contributed by atoms with E-state index >= 15 is 0 Å². The van der Waals surface area contributed by atoms with Crippen LogP contribution in [0.25, 0.3) is 11.0 Å². The number of amides is 1. The van der Waals surface area contributed by atoms with Crippen molar-refractivity contribution in [3.63, 3.8) is 0 Å². The molecule has 4 rings (SSSR count). The molecule has 1 amide bonds. The number of carbonyl (C=O) groups is 1. The number of likely N-dealkylation sites (tertiary alicyclic amines) is 1. The number of fused-ring (bicyclic) bond motifs is 2. The lowest BCUT2D eigenvalue weighted by molar-refractivity contribution is -0.145. The molecular formula is C23H29NO5. The molecule has 1 saturated heterocycles. The van der Waals surface area contributed by atoms with E-state index < -0.39 is 5.60 Å². The highest BCUT2D eigenvalue weighted by atomic mass is 16.5. The number of nitrogens with zero attached hydrogens (tertiary/aromatic N) is 1. The molecule has 1 aliphatic heterocycles. The van der Waals surface area contributed by atoms with Crippen LogP contribution in [0, 0.1) is 12.8 Å². The normalized spacial score (nSPS) is 24.4. The maximum Gasteiger partial charge on any atom is 0.336 e. The third kappa shape index (κ3) is 3.90. The molecule has 2 heterocycles. The number of aliphatic hydroxyl groups is 1. The van der Waals surface area contributed by atoms with E-state index in [2.05, 4.69) is 0 Å². The SMILES string of the molecule is CCc1cc(=O)oc2cc(C)cc(OCC(=O)N3CC[C@@]4(O)CCCC[C@@H]4C3)c12. The lowest BCUT2D eigenvalue weighted by Gasteiger charge is -2.47. The first kappa shape index (κ1) is 20.0. The number of benzene rings is 1. The second-order valence-corrected chi connectivity index (χ2v) is 8.51. The molecule has 1 aliphatic carbocycles. The van der Waals surface area contributed by atoms with Gasteiger partial charge < -0.3 is 19.2 Å². The van der Waals surface area contributed by atoms with E-state index in [1.807, 2.05) is 30.9 Å². The Morgan fingerprint density at radius 3 is 2.93 bits per heavy atom. The predicted octanol–water partition coefficient (Wildman–Crippen LogP) is 3.20. The Morgan fingerprint density at radius 2 is 2.14 bits per heavy atom. The van der Waals surface area contributed by atoms with E-state index in [0.29, 0.717) is 37.3 Å². The molecule has 2 aromatic rings. The van der Waals surface area contributed by atoms with Crippen LogP contribution in [0.1, 0.15) is 50.2 Å². The van der Waals surface area contributed by atoms with Gasteiger partial charge in [-0.3, -0.25) is 4.79 Å². The van der Waals surface area contributed by atoms with Crippen LogP contribution in [0.15, 0.2) is 27.4 Å². The summed E-state index contributed by atoms with van der Waals surface area (Å²) < 4.78 is 11.3. The van der Waals surface area contributed by atoms with Crippen molar-refractivity contribution < 1.29 is 19.1 Å². The third-order valence-electron chi connectivity index (χ3n) is 6.55. The fourth-order valence-corrected chi connectivity index (χ4v) is 4.89. The standard InChI is InChI=1S/C23H29NO5/c1-3-16-12-21(26)29-19-11-15(2)10-18(22(16)19)28-14-20(25)24-9-8-23(27)7-5-4-6-17(23)13-24/h10-12,17,27H,3-9,13-14H2,1-2H3/t17-,23+/m1/s1. The summed E-state index contributed by atoms with van der Waals surface area (Å²) in [4.78, 5) is 26.5. The van der Waals surface area contributed by atoms with E-state index in [1.165, 1.54) is 6.07 Å². The molecule has 1 aromatic heterocycles. The predicted molar refractivity (Wildman–Crippen MR) is 110 cm³/mol. The average molecular weight is 399 g/mol. The van der Waals surface area contributed by atoms with Crippen LogP contribution in [0.2, 0.25) is 0 Å². The van der Waals surface area contributed by atoms with Gasteiger partial charge in [0.1, 0.15) is 11.3 Å². The molecule has 0 unspecified atom stereocenters. The van der Waals surface area contributed by atoms with Crippen molar-refractivity contribution >= 4 is 16.9 Å². The molecule has 1 aromatic carbocycles. The number of piperidine rings is 1. The van der Waals surface area contributed by atoms with Crippen molar-refractivity contribution in [3.05, 3.63) is 39.7 Å². The zero-order chi connectivity index (χ0) is 20.6. The van der Waals surface area contributed by atoms with Gasteiger partial charge in [0, 0.05) is 25.1 Å². The molecule has 0 bridgehead atoms. The van der Waals surface area contributed by atoms with Gasteiger partial charge in [-0.1, -0.05) is 19.8 Å². The lowest BCUT2D eigenvalue weighted by atomic mass is 9.71. The van der Waals surface area contributed by atoms with Gasteiger partial charge in [-0.05, 0) is 55.9 Å². The molecule has 6 heteroatoms. The van der Waals surface area contributed by atoms with Gasteiger partial charge in [-0.25, -0.2) is 4.79 Å². The molecule has 1 saturated carbocycles. The minimum atomic E-state index is -0.601. The second kappa shape index (κ2) is 7.82. The van der Waals surface area contributed by atoms with Crippen molar-refractivity contribution in [3.8, 4) is 5.75 Å². The monoisotopic (exact) mass is 399 g/mol. The smallest absolute Gasteiger partial charge is 0.336 e. The molecule has 0 radical (unpaired) electrons. The number of hydrogen-bond donors (Lipinski definition) is 1. The fourth-order valence-electron chi connectivity index (χ4n) is 4.89. The summed E-state index contributed by atoms with van der Waals surface area (Å²) in [7, 11) is 0. The van der Waals surface area contributed by atoms with E-state index in [9.17, 15) is 14.7 Å². The molecule has 6 nitrogen and oxygen atoms in total. The maximum absolute atomic E-state index is 12.8. The summed E-state index contributed by atoms with van der Waals surface area (Å²) in [6, 6.07) is 5.19. The number of hydrogen-bond acceptors (Lipinski definition) is 5. The number of aryl methyl sites for hydroxylation is 2. The number of ether oxygens (including phenoxy) is 1. The maximum atomic E-state index is 12.8. The van der Waals surface area contributed by atoms with Gasteiger partial charge in [0.15, 0.2) is 6.61 Å². The number of carbonyl (C=O) groups excluding carboxylic acids is 1. The van der Waals surface area contributed by atoms with Gasteiger partial charge in [0.25, 0.3) is 5.91 Å².